The van der Waals surface area contributed by atoms with E-state index < -0.39 is 15.9 Å². The zero-order chi connectivity index (χ0) is 21.0. The topological polar surface area (TPSA) is 75.3 Å². The number of hydrogen-bond acceptors (Lipinski definition) is 3. The Bertz CT molecular complexity index is 1140. The smallest absolute Gasteiger partial charge is 0.263 e. The Balaban J connectivity index is 1.84. The second-order valence-electron chi connectivity index (χ2n) is 6.35. The van der Waals surface area contributed by atoms with Crippen LogP contribution in [0.2, 0.25) is 10.0 Å². The van der Waals surface area contributed by atoms with Crippen molar-refractivity contribution in [3.63, 3.8) is 0 Å². The van der Waals surface area contributed by atoms with Crippen molar-refractivity contribution in [2.24, 2.45) is 0 Å². The highest BCUT2D eigenvalue weighted by Gasteiger charge is 2.22. The molecule has 0 aliphatic heterocycles. The SMILES string of the molecule is Cc1cccc(Cl)c1S(=O)(=O)Nc1ccccc1C(=O)NCc1cccc(Cl)c1. The van der Waals surface area contributed by atoms with Crippen molar-refractivity contribution in [2.45, 2.75) is 18.4 Å². The van der Waals surface area contributed by atoms with Gasteiger partial charge in [0.25, 0.3) is 15.9 Å². The first kappa shape index (κ1) is 21.2. The van der Waals surface area contributed by atoms with E-state index in [1.807, 2.05) is 6.07 Å². The van der Waals surface area contributed by atoms with E-state index in [2.05, 4.69) is 10.0 Å². The van der Waals surface area contributed by atoms with Crippen LogP contribution in [0.5, 0.6) is 0 Å². The van der Waals surface area contributed by atoms with E-state index in [1.54, 1.807) is 55.5 Å². The van der Waals surface area contributed by atoms with Gasteiger partial charge < -0.3 is 5.32 Å². The minimum absolute atomic E-state index is 0.0178. The zero-order valence-corrected chi connectivity index (χ0v) is 17.8. The Kier molecular flexibility index (Phi) is 6.47. The van der Waals surface area contributed by atoms with Gasteiger partial charge in [0.05, 0.1) is 16.3 Å². The van der Waals surface area contributed by atoms with E-state index in [1.165, 1.54) is 12.1 Å². The van der Waals surface area contributed by atoms with E-state index in [0.29, 0.717) is 10.6 Å². The summed E-state index contributed by atoms with van der Waals surface area (Å²) in [7, 11) is -3.98. The molecule has 2 N–H and O–H groups in total. The fourth-order valence-corrected chi connectivity index (χ4v) is 4.97. The normalized spacial score (nSPS) is 11.1. The monoisotopic (exact) mass is 448 g/mol. The number of sulfonamides is 1. The van der Waals surface area contributed by atoms with Gasteiger partial charge in [-0.15, -0.1) is 0 Å². The summed E-state index contributed by atoms with van der Waals surface area (Å²) in [6.07, 6.45) is 0. The molecule has 0 heterocycles. The maximum absolute atomic E-state index is 12.9. The Labute approximate surface area is 179 Å². The van der Waals surface area contributed by atoms with Crippen LogP contribution in [-0.2, 0) is 16.6 Å². The highest BCUT2D eigenvalue weighted by molar-refractivity contribution is 7.93. The van der Waals surface area contributed by atoms with E-state index in [4.69, 9.17) is 23.2 Å². The molecule has 3 rings (SSSR count). The van der Waals surface area contributed by atoms with Crippen LogP contribution in [0.25, 0.3) is 0 Å². The van der Waals surface area contributed by atoms with E-state index in [9.17, 15) is 13.2 Å². The quantitative estimate of drug-likeness (QED) is 0.554. The molecule has 0 saturated carbocycles. The van der Waals surface area contributed by atoms with Gasteiger partial charge in [0.2, 0.25) is 0 Å². The number of aryl methyl sites for hydroxylation is 1. The van der Waals surface area contributed by atoms with Crippen LogP contribution in [0, 0.1) is 6.92 Å². The summed E-state index contributed by atoms with van der Waals surface area (Å²) in [6, 6.07) is 18.3. The Morgan fingerprint density at radius 3 is 2.41 bits per heavy atom. The van der Waals surface area contributed by atoms with E-state index in [0.717, 1.165) is 5.56 Å². The van der Waals surface area contributed by atoms with Crippen LogP contribution < -0.4 is 10.0 Å². The molecule has 0 aromatic heterocycles. The van der Waals surface area contributed by atoms with Crippen molar-refractivity contribution in [3.8, 4) is 0 Å². The fourth-order valence-electron chi connectivity index (χ4n) is 2.85. The first-order valence-electron chi connectivity index (χ1n) is 8.67. The van der Waals surface area contributed by atoms with Crippen molar-refractivity contribution in [1.82, 2.24) is 5.32 Å². The molecule has 29 heavy (non-hydrogen) atoms. The molecule has 0 unspecified atom stereocenters. The molecule has 0 saturated heterocycles. The number of hydrogen-bond donors (Lipinski definition) is 2. The van der Waals surface area contributed by atoms with Crippen LogP contribution in [0.1, 0.15) is 21.5 Å². The summed E-state index contributed by atoms with van der Waals surface area (Å²) in [5.74, 6) is -0.417. The summed E-state index contributed by atoms with van der Waals surface area (Å²) < 4.78 is 28.3. The number of carbonyl (C=O) groups excluding carboxylic acids is 1. The third-order valence-electron chi connectivity index (χ3n) is 4.19. The lowest BCUT2D eigenvalue weighted by molar-refractivity contribution is 0.0952. The molecule has 0 atom stereocenters. The molecule has 5 nitrogen and oxygen atoms in total. The molecule has 0 radical (unpaired) electrons. The van der Waals surface area contributed by atoms with Gasteiger partial charge in [-0.2, -0.15) is 0 Å². The predicted molar refractivity (Wildman–Crippen MR) is 116 cm³/mol. The van der Waals surface area contributed by atoms with Crippen molar-refractivity contribution in [3.05, 3.63) is 93.5 Å². The molecule has 0 fully saturated rings. The van der Waals surface area contributed by atoms with Gasteiger partial charge in [0.1, 0.15) is 4.90 Å². The van der Waals surface area contributed by atoms with Crippen LogP contribution in [0.15, 0.2) is 71.6 Å². The Morgan fingerprint density at radius 2 is 1.69 bits per heavy atom. The summed E-state index contributed by atoms with van der Waals surface area (Å²) >= 11 is 12.1. The number of rotatable bonds is 6. The minimum Gasteiger partial charge on any atom is -0.348 e. The van der Waals surface area contributed by atoms with Gasteiger partial charge in [-0.1, -0.05) is 59.6 Å². The summed E-state index contributed by atoms with van der Waals surface area (Å²) in [6.45, 7) is 1.91. The van der Waals surface area contributed by atoms with Gasteiger partial charge in [0.15, 0.2) is 0 Å². The van der Waals surface area contributed by atoms with Gasteiger partial charge in [-0.05, 0) is 48.4 Å². The second-order valence-corrected chi connectivity index (χ2v) is 8.81. The van der Waals surface area contributed by atoms with Gasteiger partial charge in [-0.3, -0.25) is 9.52 Å². The third-order valence-corrected chi connectivity index (χ3v) is 6.42. The molecule has 3 aromatic rings. The lowest BCUT2D eigenvalue weighted by atomic mass is 10.1. The van der Waals surface area contributed by atoms with E-state index in [-0.39, 0.29) is 27.7 Å². The standard InChI is InChI=1S/C21H18Cl2N2O3S/c1-14-6-4-10-18(23)20(14)29(27,28)25-19-11-3-2-9-17(19)21(26)24-13-15-7-5-8-16(22)12-15/h2-12,25H,13H2,1H3,(H,24,26). The lowest BCUT2D eigenvalue weighted by Crippen LogP contribution is -2.25. The highest BCUT2D eigenvalue weighted by atomic mass is 35.5. The number of benzene rings is 3. The van der Waals surface area contributed by atoms with Gasteiger partial charge in [0, 0.05) is 11.6 Å². The molecule has 0 aliphatic carbocycles. The molecule has 0 bridgehead atoms. The van der Waals surface area contributed by atoms with Crippen molar-refractivity contribution in [1.29, 1.82) is 0 Å². The molecule has 8 heteroatoms. The number of nitrogens with one attached hydrogen (secondary N) is 2. The predicted octanol–water partition coefficient (Wildman–Crippen LogP) is 5.03. The van der Waals surface area contributed by atoms with Crippen molar-refractivity contribution in [2.75, 3.05) is 4.72 Å². The zero-order valence-electron chi connectivity index (χ0n) is 15.4. The number of anilines is 1. The summed E-state index contributed by atoms with van der Waals surface area (Å²) in [5.41, 5.74) is 1.70. The molecule has 1 amide bonds. The van der Waals surface area contributed by atoms with Crippen LogP contribution in [0.4, 0.5) is 5.69 Å². The summed E-state index contributed by atoms with van der Waals surface area (Å²) in [4.78, 5) is 12.7. The Morgan fingerprint density at radius 1 is 0.966 bits per heavy atom. The largest absolute Gasteiger partial charge is 0.348 e. The summed E-state index contributed by atoms with van der Waals surface area (Å²) in [5, 5.41) is 3.45. The van der Waals surface area contributed by atoms with Crippen LogP contribution in [0.3, 0.4) is 0 Å². The van der Waals surface area contributed by atoms with Crippen molar-refractivity contribution < 1.29 is 13.2 Å². The van der Waals surface area contributed by atoms with Gasteiger partial charge >= 0.3 is 0 Å². The first-order valence-corrected chi connectivity index (χ1v) is 10.9. The Hall–Kier alpha value is -2.54. The average molecular weight is 449 g/mol. The third kappa shape index (κ3) is 5.09. The average Bonchev–Trinajstić information content (AvgIpc) is 2.66. The number of halogens is 2. The highest BCUT2D eigenvalue weighted by Crippen LogP contribution is 2.28. The maximum atomic E-state index is 12.9. The molecular formula is C21H18Cl2N2O3S. The molecule has 3 aromatic carbocycles. The first-order chi connectivity index (χ1) is 13.8. The fraction of sp³-hybridized carbons (Fsp3) is 0.0952. The second kappa shape index (κ2) is 8.86. The molecular weight excluding hydrogens is 431 g/mol. The number of amides is 1. The lowest BCUT2D eigenvalue weighted by Gasteiger charge is -2.15. The number of carbonyl (C=O) groups is 1. The minimum atomic E-state index is -3.98. The van der Waals surface area contributed by atoms with Gasteiger partial charge in [-0.25, -0.2) is 8.42 Å². The van der Waals surface area contributed by atoms with E-state index >= 15 is 0 Å². The molecule has 0 spiro atoms. The van der Waals surface area contributed by atoms with Crippen molar-refractivity contribution >= 4 is 44.8 Å². The van der Waals surface area contributed by atoms with Crippen LogP contribution in [-0.4, -0.2) is 14.3 Å². The molecule has 0 aliphatic rings. The van der Waals surface area contributed by atoms with Crippen LogP contribution >= 0.6 is 23.2 Å². The maximum Gasteiger partial charge on any atom is 0.263 e. The number of para-hydroxylation sites is 1. The molecule has 150 valence electrons.